The Kier molecular flexibility index (Phi) is 6.56. The van der Waals surface area contributed by atoms with Gasteiger partial charge < -0.3 is 5.32 Å². The molecular formula is C15H15Cl2N3O3S. The Hall–Kier alpha value is -1.67. The SMILES string of the molecule is CCN(CC(=O)Nc1ccc(Cl)c([N+](=O)[O-])c1)Cc1ccc(Cl)s1. The van der Waals surface area contributed by atoms with Crippen molar-refractivity contribution in [1.82, 2.24) is 4.90 Å². The van der Waals surface area contributed by atoms with Crippen LogP contribution in [-0.4, -0.2) is 28.8 Å². The van der Waals surface area contributed by atoms with E-state index in [0.717, 1.165) is 4.88 Å². The Labute approximate surface area is 153 Å². The van der Waals surface area contributed by atoms with Crippen LogP contribution in [0.1, 0.15) is 11.8 Å². The third-order valence-electron chi connectivity index (χ3n) is 3.25. The van der Waals surface area contributed by atoms with Crippen LogP contribution in [0.15, 0.2) is 30.3 Å². The number of nitrogens with zero attached hydrogens (tertiary/aromatic N) is 2. The molecule has 1 aromatic carbocycles. The minimum absolute atomic E-state index is 0.0303. The first-order valence-corrected chi connectivity index (χ1v) is 8.66. The zero-order valence-electron chi connectivity index (χ0n) is 12.8. The number of carbonyl (C=O) groups excluding carboxylic acids is 1. The van der Waals surface area contributed by atoms with Crippen molar-refractivity contribution in [3.63, 3.8) is 0 Å². The van der Waals surface area contributed by atoms with Crippen molar-refractivity contribution in [2.24, 2.45) is 0 Å². The van der Waals surface area contributed by atoms with Gasteiger partial charge in [-0.25, -0.2) is 0 Å². The standard InChI is InChI=1S/C15H15Cl2N3O3S/c1-2-19(8-11-4-6-14(17)24-11)9-15(21)18-10-3-5-12(16)13(7-10)20(22)23/h3-7H,2,8-9H2,1H3,(H,18,21). The fourth-order valence-electron chi connectivity index (χ4n) is 2.07. The van der Waals surface area contributed by atoms with E-state index in [0.29, 0.717) is 23.1 Å². The van der Waals surface area contributed by atoms with Gasteiger partial charge in [0.25, 0.3) is 5.69 Å². The first kappa shape index (κ1) is 18.7. The lowest BCUT2D eigenvalue weighted by molar-refractivity contribution is -0.384. The molecule has 1 N–H and O–H groups in total. The highest BCUT2D eigenvalue weighted by atomic mass is 35.5. The van der Waals surface area contributed by atoms with Gasteiger partial charge in [-0.05, 0) is 30.8 Å². The van der Waals surface area contributed by atoms with E-state index in [1.807, 2.05) is 24.0 Å². The number of likely N-dealkylation sites (N-methyl/N-ethyl adjacent to an activating group) is 1. The second-order valence-electron chi connectivity index (χ2n) is 4.98. The van der Waals surface area contributed by atoms with Crippen LogP contribution in [-0.2, 0) is 11.3 Å². The molecule has 2 rings (SSSR count). The lowest BCUT2D eigenvalue weighted by Crippen LogP contribution is -2.32. The van der Waals surface area contributed by atoms with Crippen molar-refractivity contribution in [3.05, 3.63) is 54.7 Å². The molecule has 0 aliphatic carbocycles. The maximum atomic E-state index is 12.2. The average Bonchev–Trinajstić information content (AvgIpc) is 2.93. The fourth-order valence-corrected chi connectivity index (χ4v) is 3.39. The van der Waals surface area contributed by atoms with Crippen molar-refractivity contribution in [2.75, 3.05) is 18.4 Å². The molecule has 0 aliphatic rings. The molecular weight excluding hydrogens is 373 g/mol. The van der Waals surface area contributed by atoms with Gasteiger partial charge in [0.05, 0.1) is 15.8 Å². The molecule has 0 unspecified atom stereocenters. The number of nitro benzene ring substituents is 1. The molecule has 1 amide bonds. The molecule has 0 bridgehead atoms. The van der Waals surface area contributed by atoms with Gasteiger partial charge >= 0.3 is 0 Å². The highest BCUT2D eigenvalue weighted by Gasteiger charge is 2.15. The largest absolute Gasteiger partial charge is 0.325 e. The van der Waals surface area contributed by atoms with Gasteiger partial charge in [0.15, 0.2) is 0 Å². The number of benzene rings is 1. The smallest absolute Gasteiger partial charge is 0.289 e. The maximum Gasteiger partial charge on any atom is 0.289 e. The summed E-state index contributed by atoms with van der Waals surface area (Å²) in [5.74, 6) is -0.254. The highest BCUT2D eigenvalue weighted by molar-refractivity contribution is 7.16. The molecule has 0 saturated carbocycles. The first-order valence-electron chi connectivity index (χ1n) is 7.09. The minimum Gasteiger partial charge on any atom is -0.325 e. The average molecular weight is 388 g/mol. The monoisotopic (exact) mass is 387 g/mol. The number of amides is 1. The number of thiophene rings is 1. The van der Waals surface area contributed by atoms with Gasteiger partial charge in [0, 0.05) is 23.2 Å². The van der Waals surface area contributed by atoms with E-state index in [1.54, 1.807) is 0 Å². The van der Waals surface area contributed by atoms with E-state index in [2.05, 4.69) is 5.32 Å². The molecule has 2 aromatic rings. The molecule has 0 saturated heterocycles. The van der Waals surface area contributed by atoms with Crippen molar-refractivity contribution in [3.8, 4) is 0 Å². The van der Waals surface area contributed by atoms with E-state index >= 15 is 0 Å². The minimum atomic E-state index is -0.586. The number of rotatable bonds is 7. The third-order valence-corrected chi connectivity index (χ3v) is 4.78. The van der Waals surface area contributed by atoms with Crippen LogP contribution in [0.25, 0.3) is 0 Å². The number of carbonyl (C=O) groups is 1. The van der Waals surface area contributed by atoms with E-state index in [9.17, 15) is 14.9 Å². The van der Waals surface area contributed by atoms with Crippen LogP contribution < -0.4 is 5.32 Å². The molecule has 0 atom stereocenters. The van der Waals surface area contributed by atoms with Gasteiger partial charge in [0.1, 0.15) is 5.02 Å². The quantitative estimate of drug-likeness (QED) is 0.563. The lowest BCUT2D eigenvalue weighted by atomic mass is 10.2. The number of nitrogens with one attached hydrogen (secondary N) is 1. The molecule has 0 radical (unpaired) electrons. The van der Waals surface area contributed by atoms with Gasteiger partial charge in [-0.3, -0.25) is 19.8 Å². The first-order chi connectivity index (χ1) is 11.4. The zero-order valence-corrected chi connectivity index (χ0v) is 15.1. The summed E-state index contributed by atoms with van der Waals surface area (Å²) in [5, 5.41) is 13.6. The Bertz CT molecular complexity index is 751. The Morgan fingerprint density at radius 1 is 1.33 bits per heavy atom. The number of nitro groups is 1. The summed E-state index contributed by atoms with van der Waals surface area (Å²) in [6, 6.07) is 7.91. The second-order valence-corrected chi connectivity index (χ2v) is 7.19. The van der Waals surface area contributed by atoms with Gasteiger partial charge in [0.2, 0.25) is 5.91 Å². The van der Waals surface area contributed by atoms with E-state index in [1.165, 1.54) is 29.5 Å². The van der Waals surface area contributed by atoms with Crippen LogP contribution in [0.4, 0.5) is 11.4 Å². The molecule has 24 heavy (non-hydrogen) atoms. The van der Waals surface area contributed by atoms with Gasteiger partial charge in [-0.1, -0.05) is 30.1 Å². The number of hydrogen-bond acceptors (Lipinski definition) is 5. The Morgan fingerprint density at radius 2 is 2.08 bits per heavy atom. The van der Waals surface area contributed by atoms with E-state index in [4.69, 9.17) is 23.2 Å². The molecule has 6 nitrogen and oxygen atoms in total. The molecule has 0 spiro atoms. The number of anilines is 1. The van der Waals surface area contributed by atoms with E-state index < -0.39 is 4.92 Å². The zero-order chi connectivity index (χ0) is 17.7. The normalized spacial score (nSPS) is 10.8. The highest BCUT2D eigenvalue weighted by Crippen LogP contribution is 2.27. The molecule has 9 heteroatoms. The fraction of sp³-hybridized carbons (Fsp3) is 0.267. The van der Waals surface area contributed by atoms with Crippen LogP contribution in [0.2, 0.25) is 9.36 Å². The Morgan fingerprint density at radius 3 is 2.67 bits per heavy atom. The van der Waals surface area contributed by atoms with Crippen molar-refractivity contribution in [2.45, 2.75) is 13.5 Å². The molecule has 1 heterocycles. The molecule has 128 valence electrons. The van der Waals surface area contributed by atoms with Crippen molar-refractivity contribution >= 4 is 51.8 Å². The molecule has 1 aromatic heterocycles. The molecule has 0 aliphatic heterocycles. The number of halogens is 2. The van der Waals surface area contributed by atoms with Crippen LogP contribution in [0.3, 0.4) is 0 Å². The van der Waals surface area contributed by atoms with Crippen molar-refractivity contribution in [1.29, 1.82) is 0 Å². The summed E-state index contributed by atoms with van der Waals surface area (Å²) in [6.07, 6.45) is 0. The van der Waals surface area contributed by atoms with Crippen molar-refractivity contribution < 1.29 is 9.72 Å². The molecule has 0 fully saturated rings. The topological polar surface area (TPSA) is 75.5 Å². The summed E-state index contributed by atoms with van der Waals surface area (Å²) < 4.78 is 0.707. The number of hydrogen-bond donors (Lipinski definition) is 1. The summed E-state index contributed by atoms with van der Waals surface area (Å²) in [7, 11) is 0. The van der Waals surface area contributed by atoms with E-state index in [-0.39, 0.29) is 23.2 Å². The summed E-state index contributed by atoms with van der Waals surface area (Å²) in [5.41, 5.74) is 0.0985. The summed E-state index contributed by atoms with van der Waals surface area (Å²) in [6.45, 7) is 3.42. The Balaban J connectivity index is 1.98. The summed E-state index contributed by atoms with van der Waals surface area (Å²) in [4.78, 5) is 25.5. The predicted octanol–water partition coefficient (Wildman–Crippen LogP) is 4.42. The maximum absolute atomic E-state index is 12.2. The second kappa shape index (κ2) is 8.43. The summed E-state index contributed by atoms with van der Waals surface area (Å²) >= 11 is 13.1. The van der Waals surface area contributed by atoms with Crippen LogP contribution in [0.5, 0.6) is 0 Å². The predicted molar refractivity (Wildman–Crippen MR) is 97.0 cm³/mol. The van der Waals surface area contributed by atoms with Crippen LogP contribution in [0, 0.1) is 10.1 Å². The van der Waals surface area contributed by atoms with Gasteiger partial charge in [-0.2, -0.15) is 0 Å². The lowest BCUT2D eigenvalue weighted by Gasteiger charge is -2.19. The third kappa shape index (κ3) is 5.17. The van der Waals surface area contributed by atoms with Crippen LogP contribution >= 0.6 is 34.5 Å². The van der Waals surface area contributed by atoms with Gasteiger partial charge in [-0.15, -0.1) is 11.3 Å².